The Labute approximate surface area is 124 Å². The molecule has 0 N–H and O–H groups in total. The third-order valence-electron chi connectivity index (χ3n) is 2.20. The van der Waals surface area contributed by atoms with Crippen LogP contribution in [0.15, 0.2) is 60.7 Å². The van der Waals surface area contributed by atoms with Gasteiger partial charge in [-0.3, -0.25) is 0 Å². The van der Waals surface area contributed by atoms with Gasteiger partial charge in [-0.1, -0.05) is 36.4 Å². The summed E-state index contributed by atoms with van der Waals surface area (Å²) in [7, 11) is 0. The van der Waals surface area contributed by atoms with Crippen molar-refractivity contribution < 1.29 is 14.3 Å². The molecular formula is C14H10BiO3+3. The molecule has 0 unspecified atom stereocenters. The van der Waals surface area contributed by atoms with Gasteiger partial charge >= 0.3 is 38.1 Å². The molecule has 0 aliphatic carbocycles. The molecule has 0 amide bonds. The molecule has 0 bridgehead atoms. The molecule has 4 heteroatoms. The molecule has 2 aromatic rings. The number of hydrogen-bond acceptors (Lipinski definition) is 3. The second-order valence-electron chi connectivity index (χ2n) is 3.41. The minimum Gasteiger partial charge on any atom is -0.386 e. The van der Waals surface area contributed by atoms with Crippen molar-refractivity contribution >= 4 is 38.1 Å². The van der Waals surface area contributed by atoms with Crippen LogP contribution in [-0.4, -0.2) is 38.1 Å². The first-order chi connectivity index (χ1) is 8.27. The first-order valence-electron chi connectivity index (χ1n) is 5.14. The van der Waals surface area contributed by atoms with Gasteiger partial charge in [0.05, 0.1) is 11.1 Å². The van der Waals surface area contributed by atoms with E-state index in [0.717, 1.165) is 0 Å². The van der Waals surface area contributed by atoms with Crippen molar-refractivity contribution in [3.05, 3.63) is 71.8 Å². The predicted molar refractivity (Wildman–Crippen MR) is 68.4 cm³/mol. The van der Waals surface area contributed by atoms with Crippen molar-refractivity contribution in [3.63, 3.8) is 0 Å². The van der Waals surface area contributed by atoms with Crippen LogP contribution in [0.5, 0.6) is 0 Å². The van der Waals surface area contributed by atoms with E-state index in [2.05, 4.69) is 0 Å². The van der Waals surface area contributed by atoms with Crippen LogP contribution >= 0.6 is 0 Å². The smallest absolute Gasteiger partial charge is 0.386 e. The maximum atomic E-state index is 11.6. The fraction of sp³-hybridized carbons (Fsp3) is 0. The quantitative estimate of drug-likeness (QED) is 0.413. The molecule has 86 valence electrons. The summed E-state index contributed by atoms with van der Waals surface area (Å²) < 4.78 is 4.74. The van der Waals surface area contributed by atoms with Crippen LogP contribution in [-0.2, 0) is 4.74 Å². The fourth-order valence-corrected chi connectivity index (χ4v) is 1.35. The normalized spacial score (nSPS) is 9.11. The topological polar surface area (TPSA) is 43.4 Å². The molecule has 3 nitrogen and oxygen atoms in total. The second kappa shape index (κ2) is 7.02. The first kappa shape index (κ1) is 14.5. The van der Waals surface area contributed by atoms with Crippen LogP contribution < -0.4 is 0 Å². The Morgan fingerprint density at radius 2 is 1.00 bits per heavy atom. The summed E-state index contributed by atoms with van der Waals surface area (Å²) in [6.45, 7) is 0. The minimum atomic E-state index is -0.639. The van der Waals surface area contributed by atoms with E-state index in [-0.39, 0.29) is 26.2 Å². The fourth-order valence-electron chi connectivity index (χ4n) is 1.35. The maximum Gasteiger partial charge on any atom is 3.00 e. The predicted octanol–water partition coefficient (Wildman–Crippen LogP) is 2.30. The van der Waals surface area contributed by atoms with Crippen molar-refractivity contribution in [2.24, 2.45) is 0 Å². The van der Waals surface area contributed by atoms with Crippen LogP contribution in [0.4, 0.5) is 0 Å². The number of esters is 2. The van der Waals surface area contributed by atoms with Crippen molar-refractivity contribution in [1.82, 2.24) is 0 Å². The van der Waals surface area contributed by atoms with Crippen molar-refractivity contribution in [2.75, 3.05) is 0 Å². The molecule has 0 heterocycles. The number of carbonyl (C=O) groups excluding carboxylic acids is 2. The van der Waals surface area contributed by atoms with Gasteiger partial charge in [0.25, 0.3) is 0 Å². The average Bonchev–Trinajstić information content (AvgIpc) is 2.40. The van der Waals surface area contributed by atoms with E-state index >= 15 is 0 Å². The van der Waals surface area contributed by atoms with Gasteiger partial charge in [0, 0.05) is 0 Å². The Morgan fingerprint density at radius 3 is 1.33 bits per heavy atom. The van der Waals surface area contributed by atoms with Gasteiger partial charge in [-0.05, 0) is 24.3 Å². The SMILES string of the molecule is O=C(OC(=O)c1ccccc1)c1ccccc1.[Bi+3]. The van der Waals surface area contributed by atoms with E-state index in [1.807, 2.05) is 0 Å². The molecule has 0 saturated heterocycles. The molecule has 18 heavy (non-hydrogen) atoms. The number of ether oxygens (including phenoxy) is 1. The molecule has 0 fully saturated rings. The van der Waals surface area contributed by atoms with Gasteiger partial charge < -0.3 is 4.74 Å². The molecule has 0 spiro atoms. The summed E-state index contributed by atoms with van der Waals surface area (Å²) in [5.41, 5.74) is 0.716. The van der Waals surface area contributed by atoms with E-state index in [1.54, 1.807) is 60.7 Å². The maximum absolute atomic E-state index is 11.6. The van der Waals surface area contributed by atoms with Crippen LogP contribution in [0.1, 0.15) is 20.7 Å². The number of carbonyl (C=O) groups is 2. The number of benzene rings is 2. The molecule has 0 aliphatic heterocycles. The molecule has 0 aliphatic rings. The summed E-state index contributed by atoms with van der Waals surface area (Å²) in [5.74, 6) is -1.28. The zero-order valence-electron chi connectivity index (χ0n) is 9.45. The van der Waals surface area contributed by atoms with Gasteiger partial charge in [0.1, 0.15) is 0 Å². The summed E-state index contributed by atoms with van der Waals surface area (Å²) in [6.07, 6.45) is 0. The molecule has 2 aromatic carbocycles. The van der Waals surface area contributed by atoms with E-state index in [9.17, 15) is 9.59 Å². The Balaban J connectivity index is 0.00000162. The zero-order chi connectivity index (χ0) is 12.1. The summed E-state index contributed by atoms with van der Waals surface area (Å²) in [4.78, 5) is 23.2. The van der Waals surface area contributed by atoms with E-state index in [4.69, 9.17) is 4.74 Å². The van der Waals surface area contributed by atoms with Gasteiger partial charge in [0.2, 0.25) is 0 Å². The average molecular weight is 435 g/mol. The van der Waals surface area contributed by atoms with Gasteiger partial charge in [-0.25, -0.2) is 9.59 Å². The zero-order valence-corrected chi connectivity index (χ0v) is 12.9. The Bertz CT molecular complexity index is 474. The summed E-state index contributed by atoms with van der Waals surface area (Å²) >= 11 is 0. The molecule has 0 atom stereocenters. The van der Waals surface area contributed by atoms with Crippen molar-refractivity contribution in [3.8, 4) is 0 Å². The van der Waals surface area contributed by atoms with E-state index in [0.29, 0.717) is 11.1 Å². The Morgan fingerprint density at radius 1 is 0.667 bits per heavy atom. The first-order valence-corrected chi connectivity index (χ1v) is 5.14. The van der Waals surface area contributed by atoms with E-state index < -0.39 is 11.9 Å². The molecule has 2 rings (SSSR count). The van der Waals surface area contributed by atoms with Crippen molar-refractivity contribution in [1.29, 1.82) is 0 Å². The number of rotatable bonds is 2. The second-order valence-corrected chi connectivity index (χ2v) is 3.41. The van der Waals surface area contributed by atoms with Crippen LogP contribution in [0.25, 0.3) is 0 Å². The summed E-state index contributed by atoms with van der Waals surface area (Å²) in [6, 6.07) is 16.8. The van der Waals surface area contributed by atoms with E-state index in [1.165, 1.54) is 0 Å². The molecular weight excluding hydrogens is 425 g/mol. The monoisotopic (exact) mass is 435 g/mol. The van der Waals surface area contributed by atoms with Crippen LogP contribution in [0.3, 0.4) is 0 Å². The molecule has 0 aromatic heterocycles. The molecule has 0 saturated carbocycles. The van der Waals surface area contributed by atoms with Gasteiger partial charge in [0.15, 0.2) is 0 Å². The van der Waals surface area contributed by atoms with Crippen molar-refractivity contribution in [2.45, 2.75) is 0 Å². The van der Waals surface area contributed by atoms with Gasteiger partial charge in [-0.2, -0.15) is 0 Å². The molecule has 2 radical (unpaired) electrons. The Kier molecular flexibility index (Phi) is 5.67. The standard InChI is InChI=1S/C14H10O3.Bi/c15-13(11-7-3-1-4-8-11)17-14(16)12-9-5-2-6-10-12;/h1-10H;/q;+3. The third-order valence-corrected chi connectivity index (χ3v) is 2.20. The van der Waals surface area contributed by atoms with Crippen LogP contribution in [0, 0.1) is 0 Å². The van der Waals surface area contributed by atoms with Gasteiger partial charge in [-0.15, -0.1) is 0 Å². The number of hydrogen-bond donors (Lipinski definition) is 0. The third kappa shape index (κ3) is 3.74. The van der Waals surface area contributed by atoms with Crippen LogP contribution in [0.2, 0.25) is 0 Å². The largest absolute Gasteiger partial charge is 3.00 e. The summed E-state index contributed by atoms with van der Waals surface area (Å²) in [5, 5.41) is 0. The Hall–Kier alpha value is -1.54. The minimum absolute atomic E-state index is 0.